The van der Waals surface area contributed by atoms with E-state index in [9.17, 15) is 14.7 Å². The number of halogens is 2. The van der Waals surface area contributed by atoms with Crippen molar-refractivity contribution in [1.82, 2.24) is 14.7 Å². The number of hydrogen-bond acceptors (Lipinski definition) is 5. The summed E-state index contributed by atoms with van der Waals surface area (Å²) in [7, 11) is 0. The molecule has 8 nitrogen and oxygen atoms in total. The number of piperazine rings is 1. The molecule has 186 valence electrons. The number of β-amino-alcohol motifs (C(OH)–C–C–N with tert-alkyl or cyclic N) is 1. The molecule has 4 atom stereocenters. The van der Waals surface area contributed by atoms with Gasteiger partial charge in [-0.1, -0.05) is 23.2 Å². The summed E-state index contributed by atoms with van der Waals surface area (Å²) in [5, 5.41) is 14.1. The minimum atomic E-state index is -0.578. The number of aliphatic hydroxyl groups excluding tert-OH is 1. The number of nitrogens with zero attached hydrogens (tertiary/aromatic N) is 3. The minimum absolute atomic E-state index is 0.0251. The van der Waals surface area contributed by atoms with Crippen LogP contribution in [0.5, 0.6) is 0 Å². The van der Waals surface area contributed by atoms with Gasteiger partial charge in [-0.2, -0.15) is 0 Å². The van der Waals surface area contributed by atoms with Crippen LogP contribution in [0.4, 0.5) is 10.5 Å². The van der Waals surface area contributed by atoms with E-state index in [4.69, 9.17) is 27.9 Å². The highest BCUT2D eigenvalue weighted by molar-refractivity contribution is 6.42. The van der Waals surface area contributed by atoms with Gasteiger partial charge in [-0.05, 0) is 62.8 Å². The molecule has 0 aromatic heterocycles. The molecular formula is C24H32Cl2N4O4. The number of hydrogen-bond donors (Lipinski definition) is 2. The van der Waals surface area contributed by atoms with Crippen LogP contribution in [0.15, 0.2) is 18.2 Å². The zero-order chi connectivity index (χ0) is 24.0. The maximum atomic E-state index is 13.4. The van der Waals surface area contributed by atoms with Gasteiger partial charge < -0.3 is 29.9 Å². The number of ether oxygens (including phenoxy) is 1. The van der Waals surface area contributed by atoms with Crippen LogP contribution in [-0.2, 0) is 9.53 Å². The van der Waals surface area contributed by atoms with Gasteiger partial charge in [0.05, 0.1) is 41.4 Å². The van der Waals surface area contributed by atoms with E-state index in [1.165, 1.54) is 0 Å². The van der Waals surface area contributed by atoms with Gasteiger partial charge in [-0.25, -0.2) is 4.79 Å². The van der Waals surface area contributed by atoms with Crippen LogP contribution < -0.4 is 5.32 Å². The number of urea groups is 1. The number of piperidine rings is 1. The summed E-state index contributed by atoms with van der Waals surface area (Å²) in [6.07, 6.45) is 3.91. The number of likely N-dealkylation sites (tertiary alicyclic amines) is 1. The van der Waals surface area contributed by atoms with Gasteiger partial charge in [0, 0.05) is 25.3 Å². The average Bonchev–Trinajstić information content (AvgIpc) is 3.60. The molecule has 1 aromatic carbocycles. The molecule has 3 saturated heterocycles. The molecule has 4 fully saturated rings. The Morgan fingerprint density at radius 3 is 2.71 bits per heavy atom. The summed E-state index contributed by atoms with van der Waals surface area (Å²) >= 11 is 12.0. The van der Waals surface area contributed by atoms with E-state index in [1.807, 2.05) is 4.90 Å². The smallest absolute Gasteiger partial charge is 0.322 e. The molecule has 2 N–H and O–H groups in total. The van der Waals surface area contributed by atoms with Crippen molar-refractivity contribution in [3.8, 4) is 0 Å². The van der Waals surface area contributed by atoms with E-state index in [1.54, 1.807) is 30.0 Å². The molecule has 0 bridgehead atoms. The summed E-state index contributed by atoms with van der Waals surface area (Å²) in [4.78, 5) is 32.2. The predicted molar refractivity (Wildman–Crippen MR) is 130 cm³/mol. The first kappa shape index (κ1) is 24.1. The quantitative estimate of drug-likeness (QED) is 0.649. The summed E-state index contributed by atoms with van der Waals surface area (Å²) in [6, 6.07) is 3.76. The lowest BCUT2D eigenvalue weighted by atomic mass is 9.90. The molecule has 1 aliphatic carbocycles. The van der Waals surface area contributed by atoms with E-state index >= 15 is 0 Å². The number of benzene rings is 1. The summed E-state index contributed by atoms with van der Waals surface area (Å²) < 4.78 is 5.86. The number of nitrogens with one attached hydrogen (secondary N) is 1. The molecule has 1 aromatic rings. The standard InChI is InChI=1S/C24H32Cl2N4O4/c1-15-22(32)30-17(4-8-28-9-7-24(5-6-24)21(31)12-28)13-34-14-18(30)11-29(15)23(33)27-16-2-3-19(25)20(26)10-16/h2-3,10,15,17-18,21,31H,4-9,11-14H2,1H3,(H,27,33). The Morgan fingerprint density at radius 2 is 2.00 bits per heavy atom. The van der Waals surface area contributed by atoms with Crippen molar-refractivity contribution in [2.24, 2.45) is 5.41 Å². The first-order valence-corrected chi connectivity index (χ1v) is 12.9. The first-order chi connectivity index (χ1) is 16.3. The molecule has 10 heteroatoms. The molecule has 0 radical (unpaired) electrons. The largest absolute Gasteiger partial charge is 0.391 e. The van der Waals surface area contributed by atoms with Gasteiger partial charge in [0.1, 0.15) is 6.04 Å². The van der Waals surface area contributed by atoms with Gasteiger partial charge >= 0.3 is 6.03 Å². The number of carbonyl (C=O) groups is 2. The van der Waals surface area contributed by atoms with Crippen LogP contribution in [0.1, 0.15) is 32.6 Å². The Kier molecular flexibility index (Phi) is 6.72. The zero-order valence-electron chi connectivity index (χ0n) is 19.4. The lowest BCUT2D eigenvalue weighted by molar-refractivity contribution is -0.159. The van der Waals surface area contributed by atoms with Crippen LogP contribution in [0.25, 0.3) is 0 Å². The number of amides is 3. The zero-order valence-corrected chi connectivity index (χ0v) is 20.9. The average molecular weight is 511 g/mol. The van der Waals surface area contributed by atoms with Crippen molar-refractivity contribution < 1.29 is 19.4 Å². The van der Waals surface area contributed by atoms with E-state index in [0.29, 0.717) is 42.0 Å². The van der Waals surface area contributed by atoms with Crippen LogP contribution in [0.3, 0.4) is 0 Å². The van der Waals surface area contributed by atoms with Crippen molar-refractivity contribution in [2.45, 2.75) is 56.8 Å². The second kappa shape index (κ2) is 9.47. The number of anilines is 1. The number of rotatable bonds is 4. The molecule has 3 heterocycles. The van der Waals surface area contributed by atoms with Gasteiger partial charge in [0.2, 0.25) is 5.91 Å². The van der Waals surface area contributed by atoms with Crippen LogP contribution in [0, 0.1) is 5.41 Å². The normalized spacial score (nSPS) is 30.9. The third-order valence-electron chi connectivity index (χ3n) is 8.06. The van der Waals surface area contributed by atoms with Crippen molar-refractivity contribution in [2.75, 3.05) is 44.7 Å². The molecule has 3 amide bonds. The predicted octanol–water partition coefficient (Wildman–Crippen LogP) is 3.06. The second-order valence-electron chi connectivity index (χ2n) is 10.2. The van der Waals surface area contributed by atoms with E-state index in [2.05, 4.69) is 10.2 Å². The molecule has 5 rings (SSSR count). The third kappa shape index (κ3) is 4.63. The number of aliphatic hydroxyl groups is 1. The van der Waals surface area contributed by atoms with Gasteiger partial charge in [-0.15, -0.1) is 0 Å². The fourth-order valence-corrected chi connectivity index (χ4v) is 5.94. The lowest BCUT2D eigenvalue weighted by Gasteiger charge is -2.50. The van der Waals surface area contributed by atoms with Crippen molar-refractivity contribution in [1.29, 1.82) is 0 Å². The second-order valence-corrected chi connectivity index (χ2v) is 11.0. The van der Waals surface area contributed by atoms with E-state index in [-0.39, 0.29) is 35.5 Å². The Balaban J connectivity index is 1.20. The fourth-order valence-electron chi connectivity index (χ4n) is 5.64. The van der Waals surface area contributed by atoms with Gasteiger partial charge in [0.15, 0.2) is 0 Å². The molecule has 1 saturated carbocycles. The number of fused-ring (bicyclic) bond motifs is 1. The van der Waals surface area contributed by atoms with E-state index < -0.39 is 6.04 Å². The lowest BCUT2D eigenvalue weighted by Crippen LogP contribution is -2.68. The maximum absolute atomic E-state index is 13.4. The summed E-state index contributed by atoms with van der Waals surface area (Å²) in [6.45, 7) is 5.64. The van der Waals surface area contributed by atoms with Crippen molar-refractivity contribution >= 4 is 40.8 Å². The van der Waals surface area contributed by atoms with Crippen LogP contribution >= 0.6 is 23.2 Å². The molecule has 34 heavy (non-hydrogen) atoms. The van der Waals surface area contributed by atoms with Crippen molar-refractivity contribution in [3.05, 3.63) is 28.2 Å². The fraction of sp³-hybridized carbons (Fsp3) is 0.667. The minimum Gasteiger partial charge on any atom is -0.391 e. The number of morpholine rings is 1. The van der Waals surface area contributed by atoms with Gasteiger partial charge in [-0.3, -0.25) is 4.79 Å². The molecular weight excluding hydrogens is 479 g/mol. The van der Waals surface area contributed by atoms with Crippen molar-refractivity contribution in [3.63, 3.8) is 0 Å². The summed E-state index contributed by atoms with van der Waals surface area (Å²) in [5.41, 5.74) is 0.714. The highest BCUT2D eigenvalue weighted by atomic mass is 35.5. The molecule has 3 aliphatic heterocycles. The van der Waals surface area contributed by atoms with E-state index in [0.717, 1.165) is 38.8 Å². The Hall–Kier alpha value is -1.58. The Morgan fingerprint density at radius 1 is 1.21 bits per heavy atom. The highest BCUT2D eigenvalue weighted by Crippen LogP contribution is 2.53. The maximum Gasteiger partial charge on any atom is 0.322 e. The monoisotopic (exact) mass is 510 g/mol. The highest BCUT2D eigenvalue weighted by Gasteiger charge is 2.51. The Bertz CT molecular complexity index is 959. The molecule has 1 spiro atoms. The van der Waals surface area contributed by atoms with Crippen LogP contribution in [0.2, 0.25) is 10.0 Å². The third-order valence-corrected chi connectivity index (χ3v) is 8.80. The molecule has 4 aliphatic rings. The molecule has 4 unspecified atom stereocenters. The first-order valence-electron chi connectivity index (χ1n) is 12.1. The topological polar surface area (TPSA) is 85.4 Å². The number of carbonyl (C=O) groups excluding carboxylic acids is 2. The Labute approximate surface area is 210 Å². The van der Waals surface area contributed by atoms with Crippen LogP contribution in [-0.4, -0.2) is 95.4 Å². The SMILES string of the molecule is CC1C(=O)N2C(CCN3CCC4(CC4)C(O)C3)COCC2CN1C(=O)Nc1ccc(Cl)c(Cl)c1. The summed E-state index contributed by atoms with van der Waals surface area (Å²) in [5.74, 6) is -0.0514. The van der Waals surface area contributed by atoms with Gasteiger partial charge in [0.25, 0.3) is 0 Å².